The van der Waals surface area contributed by atoms with Gasteiger partial charge in [0.25, 0.3) is 0 Å². The maximum atomic E-state index is 4.55. The Labute approximate surface area is 120 Å². The van der Waals surface area contributed by atoms with Gasteiger partial charge in [-0.1, -0.05) is 6.07 Å². The largest absolute Gasteiger partial charge is 0.353 e. The molecule has 1 unspecified atom stereocenters. The minimum atomic E-state index is 0.649. The number of rotatable bonds is 4. The van der Waals surface area contributed by atoms with Gasteiger partial charge in [-0.25, -0.2) is 4.52 Å². The van der Waals surface area contributed by atoms with Crippen molar-refractivity contribution >= 4 is 11.6 Å². The second kappa shape index (κ2) is 5.40. The number of aryl methyl sites for hydroxylation is 1. The van der Waals surface area contributed by atoms with Crippen LogP contribution in [0.4, 0.5) is 5.95 Å². The van der Waals surface area contributed by atoms with Crippen LogP contribution in [-0.2, 0) is 0 Å². The predicted octanol–water partition coefficient (Wildman–Crippen LogP) is 2.18. The molecular weight excluding hydrogens is 250 g/mol. The summed E-state index contributed by atoms with van der Waals surface area (Å²) < 4.78 is 1.84. The van der Waals surface area contributed by atoms with Crippen LogP contribution in [0.5, 0.6) is 0 Å². The van der Waals surface area contributed by atoms with Crippen LogP contribution in [0.1, 0.15) is 25.8 Å². The molecule has 0 amide bonds. The summed E-state index contributed by atoms with van der Waals surface area (Å²) in [6, 6.07) is 4.71. The first-order valence-corrected chi connectivity index (χ1v) is 7.43. The predicted molar refractivity (Wildman–Crippen MR) is 81.0 cm³/mol. The average Bonchev–Trinajstić information content (AvgIpc) is 3.03. The van der Waals surface area contributed by atoms with E-state index in [-0.39, 0.29) is 0 Å². The Hall–Kier alpha value is -1.62. The molecule has 20 heavy (non-hydrogen) atoms. The minimum absolute atomic E-state index is 0.649. The molecule has 1 saturated heterocycles. The maximum Gasteiger partial charge on any atom is 0.243 e. The molecule has 0 spiro atoms. The van der Waals surface area contributed by atoms with Gasteiger partial charge in [0.1, 0.15) is 0 Å². The number of nitrogens with zero attached hydrogens (tertiary/aromatic N) is 4. The number of nitrogens with one attached hydrogen (secondary N) is 1. The number of hydrogen-bond acceptors (Lipinski definition) is 4. The normalized spacial score (nSPS) is 20.1. The van der Waals surface area contributed by atoms with Crippen molar-refractivity contribution in [1.29, 1.82) is 0 Å². The van der Waals surface area contributed by atoms with E-state index < -0.39 is 0 Å². The zero-order valence-electron chi connectivity index (χ0n) is 12.5. The third-order valence-corrected chi connectivity index (χ3v) is 4.15. The summed E-state index contributed by atoms with van der Waals surface area (Å²) in [5.74, 6) is 1.44. The standard InChI is InChI=1S/C15H23N5/c1-11(2)19-8-6-13(10-19)9-16-15-17-14-12(3)5-4-7-20(14)18-15/h4-5,7,11,13H,6,8-10H2,1-3H3,(H,16,18). The topological polar surface area (TPSA) is 45.5 Å². The van der Waals surface area contributed by atoms with E-state index >= 15 is 0 Å². The Balaban J connectivity index is 1.62. The average molecular weight is 273 g/mol. The van der Waals surface area contributed by atoms with Gasteiger partial charge in [-0.05, 0) is 51.3 Å². The Morgan fingerprint density at radius 3 is 3.00 bits per heavy atom. The summed E-state index contributed by atoms with van der Waals surface area (Å²) in [5, 5.41) is 7.86. The van der Waals surface area contributed by atoms with Crippen molar-refractivity contribution in [2.75, 3.05) is 25.0 Å². The minimum Gasteiger partial charge on any atom is -0.353 e. The molecule has 1 fully saturated rings. The van der Waals surface area contributed by atoms with Gasteiger partial charge in [-0.3, -0.25) is 0 Å². The third-order valence-electron chi connectivity index (χ3n) is 4.15. The summed E-state index contributed by atoms with van der Waals surface area (Å²) in [6.45, 7) is 9.94. The summed E-state index contributed by atoms with van der Waals surface area (Å²) in [7, 11) is 0. The van der Waals surface area contributed by atoms with Gasteiger partial charge in [0.15, 0.2) is 5.65 Å². The molecule has 0 aliphatic carbocycles. The molecular formula is C15H23N5. The summed E-state index contributed by atoms with van der Waals surface area (Å²) in [4.78, 5) is 7.09. The van der Waals surface area contributed by atoms with E-state index in [9.17, 15) is 0 Å². The number of aromatic nitrogens is 3. The molecule has 5 heteroatoms. The molecule has 2 aromatic rings. The van der Waals surface area contributed by atoms with Gasteiger partial charge in [-0.2, -0.15) is 4.98 Å². The van der Waals surface area contributed by atoms with E-state index in [1.807, 2.05) is 16.8 Å². The lowest BCUT2D eigenvalue weighted by Crippen LogP contribution is -2.29. The smallest absolute Gasteiger partial charge is 0.243 e. The summed E-state index contributed by atoms with van der Waals surface area (Å²) >= 11 is 0. The van der Waals surface area contributed by atoms with Gasteiger partial charge in [0.05, 0.1) is 0 Å². The Morgan fingerprint density at radius 2 is 2.30 bits per heavy atom. The van der Waals surface area contributed by atoms with Crippen molar-refractivity contribution in [2.45, 2.75) is 33.2 Å². The monoisotopic (exact) mass is 273 g/mol. The van der Waals surface area contributed by atoms with Crippen LogP contribution in [0.25, 0.3) is 5.65 Å². The molecule has 2 aromatic heterocycles. The van der Waals surface area contributed by atoms with Crippen molar-refractivity contribution in [1.82, 2.24) is 19.5 Å². The first-order chi connectivity index (χ1) is 9.63. The lowest BCUT2D eigenvalue weighted by Gasteiger charge is -2.20. The third kappa shape index (κ3) is 2.63. The molecule has 108 valence electrons. The molecule has 1 N–H and O–H groups in total. The second-order valence-corrected chi connectivity index (χ2v) is 6.02. The van der Waals surface area contributed by atoms with Gasteiger partial charge in [0, 0.05) is 25.3 Å². The Bertz CT molecular complexity index is 589. The van der Waals surface area contributed by atoms with Crippen LogP contribution in [-0.4, -0.2) is 45.2 Å². The van der Waals surface area contributed by atoms with Crippen LogP contribution < -0.4 is 5.32 Å². The zero-order valence-corrected chi connectivity index (χ0v) is 12.5. The first kappa shape index (κ1) is 13.4. The number of anilines is 1. The second-order valence-electron chi connectivity index (χ2n) is 6.02. The molecule has 0 bridgehead atoms. The van der Waals surface area contributed by atoms with E-state index in [2.05, 4.69) is 47.1 Å². The molecule has 3 heterocycles. The van der Waals surface area contributed by atoms with Crippen molar-refractivity contribution in [3.05, 3.63) is 23.9 Å². The number of fused-ring (bicyclic) bond motifs is 1. The molecule has 5 nitrogen and oxygen atoms in total. The fourth-order valence-corrected chi connectivity index (χ4v) is 2.85. The number of likely N-dealkylation sites (tertiary alicyclic amines) is 1. The highest BCUT2D eigenvalue weighted by Gasteiger charge is 2.24. The molecule has 1 aliphatic heterocycles. The number of pyridine rings is 1. The molecule has 0 radical (unpaired) electrons. The van der Waals surface area contributed by atoms with Crippen molar-refractivity contribution in [3.8, 4) is 0 Å². The van der Waals surface area contributed by atoms with Gasteiger partial charge < -0.3 is 10.2 Å². The molecule has 0 aromatic carbocycles. The number of hydrogen-bond donors (Lipinski definition) is 1. The van der Waals surface area contributed by atoms with Crippen molar-refractivity contribution < 1.29 is 0 Å². The molecule has 1 aliphatic rings. The maximum absolute atomic E-state index is 4.55. The SMILES string of the molecule is Cc1cccn2nc(NCC3CCN(C(C)C)C3)nc12. The Morgan fingerprint density at radius 1 is 1.45 bits per heavy atom. The first-order valence-electron chi connectivity index (χ1n) is 7.43. The highest BCUT2D eigenvalue weighted by Crippen LogP contribution is 2.19. The lowest BCUT2D eigenvalue weighted by molar-refractivity contribution is 0.266. The van der Waals surface area contributed by atoms with Gasteiger partial charge in [0.2, 0.25) is 5.95 Å². The molecule has 3 rings (SSSR count). The van der Waals surface area contributed by atoms with E-state index in [0.717, 1.165) is 23.7 Å². The molecule has 1 atom stereocenters. The van der Waals surface area contributed by atoms with E-state index in [1.54, 1.807) is 0 Å². The van der Waals surface area contributed by atoms with Crippen LogP contribution >= 0.6 is 0 Å². The van der Waals surface area contributed by atoms with E-state index in [0.29, 0.717) is 12.0 Å². The van der Waals surface area contributed by atoms with Gasteiger partial charge in [-0.15, -0.1) is 5.10 Å². The fourth-order valence-electron chi connectivity index (χ4n) is 2.85. The highest BCUT2D eigenvalue weighted by molar-refractivity contribution is 5.49. The fraction of sp³-hybridized carbons (Fsp3) is 0.600. The quantitative estimate of drug-likeness (QED) is 0.927. The summed E-state index contributed by atoms with van der Waals surface area (Å²) in [6.07, 6.45) is 3.20. The van der Waals surface area contributed by atoms with Crippen LogP contribution in [0, 0.1) is 12.8 Å². The van der Waals surface area contributed by atoms with Crippen LogP contribution in [0.2, 0.25) is 0 Å². The van der Waals surface area contributed by atoms with E-state index in [4.69, 9.17) is 0 Å². The van der Waals surface area contributed by atoms with Crippen LogP contribution in [0.15, 0.2) is 18.3 Å². The lowest BCUT2D eigenvalue weighted by atomic mass is 10.1. The Kier molecular flexibility index (Phi) is 3.61. The highest BCUT2D eigenvalue weighted by atomic mass is 15.3. The van der Waals surface area contributed by atoms with Crippen molar-refractivity contribution in [2.24, 2.45) is 5.92 Å². The summed E-state index contributed by atoms with van der Waals surface area (Å²) in [5.41, 5.74) is 2.09. The van der Waals surface area contributed by atoms with Crippen molar-refractivity contribution in [3.63, 3.8) is 0 Å². The zero-order chi connectivity index (χ0) is 14.1. The van der Waals surface area contributed by atoms with Crippen LogP contribution in [0.3, 0.4) is 0 Å². The van der Waals surface area contributed by atoms with Gasteiger partial charge >= 0.3 is 0 Å². The molecule has 0 saturated carbocycles. The van der Waals surface area contributed by atoms with E-state index in [1.165, 1.54) is 19.5 Å².